The number of aliphatic hydroxyl groups excluding tert-OH is 2. The highest BCUT2D eigenvalue weighted by Gasteiger charge is 2.41. The van der Waals surface area contributed by atoms with E-state index in [9.17, 15) is 29.7 Å². The van der Waals surface area contributed by atoms with E-state index in [1.165, 1.54) is 26.8 Å². The molecule has 0 radical (unpaired) electrons. The molecule has 12 heteroatoms. The molecule has 0 aliphatic carbocycles. The van der Waals surface area contributed by atoms with Gasteiger partial charge in [-0.25, -0.2) is 4.79 Å². The molecule has 1 saturated heterocycles. The second kappa shape index (κ2) is 16.5. The number of unbranched alkanes of at least 4 members (excludes halogenated alkanes) is 4. The lowest BCUT2D eigenvalue weighted by Crippen LogP contribution is -2.52. The van der Waals surface area contributed by atoms with Crippen molar-refractivity contribution in [1.29, 1.82) is 0 Å². The normalized spacial score (nSPS) is 22.9. The topological polar surface area (TPSA) is 158 Å². The fourth-order valence-electron chi connectivity index (χ4n) is 4.72. The van der Waals surface area contributed by atoms with Crippen LogP contribution in [0.5, 0.6) is 0 Å². The SMILES string of the molecule is C/C(=C\C(=O)OCCCCCCCC(=O)Nc1c2sscc-2[nH]c1=O)C[C@H]1C[C@H](O)[C@@](O)(C/C=C/[C@@H](C)C(C)O)CO1. The van der Waals surface area contributed by atoms with Crippen LogP contribution < -0.4 is 10.9 Å². The van der Waals surface area contributed by atoms with Crippen LogP contribution in [0.3, 0.4) is 0 Å². The molecule has 3 rings (SSSR count). The van der Waals surface area contributed by atoms with Crippen LogP contribution in [0.1, 0.15) is 78.6 Å². The maximum absolute atomic E-state index is 12.2. The Hall–Kier alpha value is -2.35. The fraction of sp³-hybridized carbons (Fsp3) is 0.633. The van der Waals surface area contributed by atoms with Crippen molar-refractivity contribution in [1.82, 2.24) is 4.98 Å². The van der Waals surface area contributed by atoms with Gasteiger partial charge in [0.25, 0.3) is 5.56 Å². The van der Waals surface area contributed by atoms with Crippen LogP contribution in [-0.4, -0.2) is 69.3 Å². The van der Waals surface area contributed by atoms with E-state index in [2.05, 4.69) is 10.3 Å². The number of hydrogen-bond acceptors (Lipinski definition) is 10. The van der Waals surface area contributed by atoms with Crippen molar-refractivity contribution in [3.8, 4) is 10.6 Å². The number of fused-ring (bicyclic) bond motifs is 1. The molecule has 10 nitrogen and oxygen atoms in total. The van der Waals surface area contributed by atoms with Crippen molar-refractivity contribution in [2.45, 2.75) is 102 Å². The lowest BCUT2D eigenvalue weighted by atomic mass is 9.85. The highest BCUT2D eigenvalue weighted by Crippen LogP contribution is 2.35. The summed E-state index contributed by atoms with van der Waals surface area (Å²) in [6.45, 7) is 5.69. The number of ether oxygens (including phenoxy) is 2. The maximum Gasteiger partial charge on any atom is 0.330 e. The van der Waals surface area contributed by atoms with Crippen molar-refractivity contribution in [2.24, 2.45) is 5.92 Å². The van der Waals surface area contributed by atoms with Gasteiger partial charge in [0.15, 0.2) is 0 Å². The zero-order chi connectivity index (χ0) is 30.7. The van der Waals surface area contributed by atoms with E-state index in [0.717, 1.165) is 48.2 Å². The molecule has 0 aromatic carbocycles. The first-order valence-electron chi connectivity index (χ1n) is 14.6. The summed E-state index contributed by atoms with van der Waals surface area (Å²) in [6.07, 6.45) is 8.65. The number of aromatic amines is 1. The van der Waals surface area contributed by atoms with Crippen LogP contribution in [0, 0.1) is 5.92 Å². The summed E-state index contributed by atoms with van der Waals surface area (Å²) >= 11 is 0. The monoisotopic (exact) mass is 624 g/mol. The van der Waals surface area contributed by atoms with Crippen molar-refractivity contribution in [2.75, 3.05) is 18.5 Å². The van der Waals surface area contributed by atoms with Gasteiger partial charge in [-0.15, -0.1) is 0 Å². The molecular weight excluding hydrogens is 580 g/mol. The molecule has 0 bridgehead atoms. The van der Waals surface area contributed by atoms with Crippen LogP contribution in [0.25, 0.3) is 10.6 Å². The van der Waals surface area contributed by atoms with Gasteiger partial charge in [-0.1, -0.05) is 64.6 Å². The molecule has 3 aliphatic rings. The third-order valence-electron chi connectivity index (χ3n) is 7.56. The van der Waals surface area contributed by atoms with Gasteiger partial charge < -0.3 is 35.1 Å². The Kier molecular flexibility index (Phi) is 13.4. The first kappa shape index (κ1) is 34.1. The van der Waals surface area contributed by atoms with Gasteiger partial charge in [0.1, 0.15) is 11.3 Å². The maximum atomic E-state index is 12.2. The third-order valence-corrected chi connectivity index (χ3v) is 9.66. The van der Waals surface area contributed by atoms with E-state index in [4.69, 9.17) is 9.47 Å². The van der Waals surface area contributed by atoms with Gasteiger partial charge in [-0.3, -0.25) is 9.59 Å². The second-order valence-electron chi connectivity index (χ2n) is 11.3. The van der Waals surface area contributed by atoms with E-state index in [1.54, 1.807) is 13.0 Å². The fourth-order valence-corrected chi connectivity index (χ4v) is 6.88. The van der Waals surface area contributed by atoms with Gasteiger partial charge in [-0.05, 0) is 45.4 Å². The molecule has 1 fully saturated rings. The Balaban J connectivity index is 1.24. The average Bonchev–Trinajstić information content (AvgIpc) is 3.49. The van der Waals surface area contributed by atoms with Crippen molar-refractivity contribution < 1.29 is 34.4 Å². The third kappa shape index (κ3) is 10.4. The van der Waals surface area contributed by atoms with Crippen LogP contribution in [0.2, 0.25) is 0 Å². The lowest BCUT2D eigenvalue weighted by molar-refractivity contribution is -0.181. The summed E-state index contributed by atoms with van der Waals surface area (Å²) in [5.41, 5.74) is 0.224. The molecule has 0 spiro atoms. The number of carbonyl (C=O) groups excluding carboxylic acids is 2. The lowest BCUT2D eigenvalue weighted by Gasteiger charge is -2.40. The van der Waals surface area contributed by atoms with E-state index >= 15 is 0 Å². The number of hydrogen-bond donors (Lipinski definition) is 5. The van der Waals surface area contributed by atoms with Gasteiger partial charge in [0, 0.05) is 24.3 Å². The number of H-pyrrole nitrogens is 1. The number of anilines is 1. The summed E-state index contributed by atoms with van der Waals surface area (Å²) in [5.74, 6) is -0.635. The van der Waals surface area contributed by atoms with Crippen LogP contribution in [-0.2, 0) is 19.1 Å². The highest BCUT2D eigenvalue weighted by molar-refractivity contribution is 7.70. The number of aromatic nitrogens is 1. The first-order valence-corrected chi connectivity index (χ1v) is 16.8. The molecule has 0 saturated carbocycles. The number of nitrogens with one attached hydrogen (secondary N) is 2. The standard InChI is InChI=1S/C30H44N2O8S2/c1-19(14-22-16-24(34)30(38,18-40-22)12-9-10-20(2)21(3)33)15-26(36)39-13-8-6-4-5-7-11-25(35)32-27-28-23(17-41-42-28)31-29(27)37/h9-10,15,17,20-22,24,33-34,38H,4-8,11-14,16,18H2,1-3H3,(H,31,37)(H,32,35)/b10-9+,19-15+/t20-,21?,22+,24+,30-/m1/s1. The minimum absolute atomic E-state index is 0.0123. The van der Waals surface area contributed by atoms with E-state index in [0.29, 0.717) is 25.1 Å². The molecule has 0 aromatic heterocycles. The van der Waals surface area contributed by atoms with Crippen molar-refractivity contribution in [3.05, 3.63) is 39.5 Å². The highest BCUT2D eigenvalue weighted by atomic mass is 32.9. The molecule has 234 valence electrons. The Bertz CT molecular complexity index is 1230. The molecule has 0 aromatic rings. The minimum atomic E-state index is -1.38. The first-order chi connectivity index (χ1) is 20.0. The Morgan fingerprint density at radius 3 is 2.74 bits per heavy atom. The van der Waals surface area contributed by atoms with Crippen LogP contribution in [0.15, 0.2) is 34.0 Å². The molecular formula is C30H44N2O8S2. The summed E-state index contributed by atoms with van der Waals surface area (Å²) in [6, 6.07) is 0. The quantitative estimate of drug-likeness (QED) is 0.0596. The summed E-state index contributed by atoms with van der Waals surface area (Å²) in [7, 11) is 2.97. The Morgan fingerprint density at radius 2 is 2.00 bits per heavy atom. The Labute approximate surface area is 254 Å². The zero-order valence-electron chi connectivity index (χ0n) is 24.6. The van der Waals surface area contributed by atoms with Crippen molar-refractivity contribution >= 4 is 38.2 Å². The van der Waals surface area contributed by atoms with Crippen LogP contribution >= 0.6 is 20.7 Å². The summed E-state index contributed by atoms with van der Waals surface area (Å²) in [5, 5.41) is 35.5. The van der Waals surface area contributed by atoms with E-state index < -0.39 is 23.8 Å². The number of carbonyl (C=O) groups is 2. The smallest absolute Gasteiger partial charge is 0.330 e. The Morgan fingerprint density at radius 1 is 1.26 bits per heavy atom. The number of aliphatic hydroxyl groups is 3. The van der Waals surface area contributed by atoms with Gasteiger partial charge >= 0.3 is 5.97 Å². The van der Waals surface area contributed by atoms with E-state index in [-0.39, 0.29) is 42.9 Å². The minimum Gasteiger partial charge on any atom is -0.463 e. The van der Waals surface area contributed by atoms with Gasteiger partial charge in [0.05, 0.1) is 42.1 Å². The molecule has 42 heavy (non-hydrogen) atoms. The summed E-state index contributed by atoms with van der Waals surface area (Å²) < 4.78 is 11.1. The average molecular weight is 625 g/mol. The van der Waals surface area contributed by atoms with E-state index in [1.807, 2.05) is 25.3 Å². The second-order valence-corrected chi connectivity index (χ2v) is 13.4. The zero-order valence-corrected chi connectivity index (χ0v) is 26.2. The number of rotatable bonds is 16. The number of amides is 1. The molecule has 3 aliphatic heterocycles. The molecule has 1 unspecified atom stereocenters. The number of esters is 1. The van der Waals surface area contributed by atoms with Crippen molar-refractivity contribution in [3.63, 3.8) is 0 Å². The van der Waals surface area contributed by atoms with Gasteiger partial charge in [0.2, 0.25) is 5.91 Å². The molecule has 5 atom stereocenters. The summed E-state index contributed by atoms with van der Waals surface area (Å²) in [4.78, 5) is 39.9. The van der Waals surface area contributed by atoms with Gasteiger partial charge in [-0.2, -0.15) is 0 Å². The van der Waals surface area contributed by atoms with Crippen LogP contribution in [0.4, 0.5) is 5.69 Å². The molecule has 3 heterocycles. The molecule has 1 amide bonds. The predicted molar refractivity (Wildman–Crippen MR) is 165 cm³/mol. The predicted octanol–water partition coefficient (Wildman–Crippen LogP) is 4.61. The molecule has 5 N–H and O–H groups in total. The largest absolute Gasteiger partial charge is 0.463 e.